The molecule has 17 heavy (non-hydrogen) atoms. The van der Waals surface area contributed by atoms with Crippen molar-refractivity contribution in [3.8, 4) is 0 Å². The second-order valence-electron chi connectivity index (χ2n) is 4.51. The third kappa shape index (κ3) is 2.47. The number of aryl methyl sites for hydroxylation is 1. The summed E-state index contributed by atoms with van der Waals surface area (Å²) in [5.41, 5.74) is 7.08. The van der Waals surface area contributed by atoms with Crippen LogP contribution in [-0.4, -0.2) is 34.9 Å². The average Bonchev–Trinajstić information content (AvgIpc) is 2.26. The Morgan fingerprint density at radius 1 is 1.59 bits per heavy atom. The van der Waals surface area contributed by atoms with Gasteiger partial charge in [0.05, 0.1) is 5.56 Å². The summed E-state index contributed by atoms with van der Waals surface area (Å²) in [5, 5.41) is 0. The van der Waals surface area contributed by atoms with Crippen molar-refractivity contribution in [3.05, 3.63) is 29.6 Å². The number of aromatic nitrogens is 1. The molecule has 1 aromatic heterocycles. The Bertz CT molecular complexity index is 401. The molecular weight excluding hydrogens is 214 g/mol. The molecule has 1 aliphatic carbocycles. The lowest BCUT2D eigenvalue weighted by atomic mass is 9.91. The van der Waals surface area contributed by atoms with Crippen molar-refractivity contribution in [3.63, 3.8) is 0 Å². The Morgan fingerprint density at radius 3 is 2.88 bits per heavy atom. The predicted octanol–water partition coefficient (Wildman–Crippen LogP) is 1.34. The van der Waals surface area contributed by atoms with Crippen LogP contribution in [0.2, 0.25) is 0 Å². The molecule has 1 saturated carbocycles. The molecule has 0 unspecified atom stereocenters. The van der Waals surface area contributed by atoms with Crippen LogP contribution in [0.5, 0.6) is 0 Å². The SMILES string of the molecule is Cc1ncccc1C(=O)N(CCN)C1CCC1. The molecule has 1 heterocycles. The number of rotatable bonds is 4. The van der Waals surface area contributed by atoms with E-state index in [1.165, 1.54) is 6.42 Å². The Labute approximate surface area is 102 Å². The summed E-state index contributed by atoms with van der Waals surface area (Å²) in [6.45, 7) is 3.02. The maximum atomic E-state index is 12.4. The minimum absolute atomic E-state index is 0.0748. The van der Waals surface area contributed by atoms with Crippen LogP contribution in [0.4, 0.5) is 0 Å². The maximum Gasteiger partial charge on any atom is 0.255 e. The number of pyridine rings is 1. The van der Waals surface area contributed by atoms with Crippen LogP contribution >= 0.6 is 0 Å². The summed E-state index contributed by atoms with van der Waals surface area (Å²) < 4.78 is 0. The number of nitrogens with zero attached hydrogens (tertiary/aromatic N) is 2. The molecule has 92 valence electrons. The summed E-state index contributed by atoms with van der Waals surface area (Å²) in [5.74, 6) is 0.0748. The van der Waals surface area contributed by atoms with Gasteiger partial charge >= 0.3 is 0 Å². The smallest absolute Gasteiger partial charge is 0.255 e. The Morgan fingerprint density at radius 2 is 2.35 bits per heavy atom. The van der Waals surface area contributed by atoms with Crippen molar-refractivity contribution in [1.82, 2.24) is 9.88 Å². The molecule has 4 nitrogen and oxygen atoms in total. The van der Waals surface area contributed by atoms with Gasteiger partial charge in [0.1, 0.15) is 0 Å². The van der Waals surface area contributed by atoms with Gasteiger partial charge in [0.15, 0.2) is 0 Å². The standard InChI is InChI=1S/C13H19N3O/c1-10-12(6-3-8-15-10)13(17)16(9-7-14)11-4-2-5-11/h3,6,8,11H,2,4-5,7,9,14H2,1H3. The van der Waals surface area contributed by atoms with Crippen LogP contribution in [0.25, 0.3) is 0 Å². The first-order chi connectivity index (χ1) is 8.24. The van der Waals surface area contributed by atoms with Crippen LogP contribution in [-0.2, 0) is 0 Å². The summed E-state index contributed by atoms with van der Waals surface area (Å²) in [4.78, 5) is 18.5. The van der Waals surface area contributed by atoms with Crippen LogP contribution in [0, 0.1) is 6.92 Å². The highest BCUT2D eigenvalue weighted by atomic mass is 16.2. The Kier molecular flexibility index (Phi) is 3.74. The molecule has 0 aromatic carbocycles. The molecule has 1 amide bonds. The second kappa shape index (κ2) is 5.27. The number of carbonyl (C=O) groups is 1. The Hall–Kier alpha value is -1.42. The number of carbonyl (C=O) groups excluding carboxylic acids is 1. The van der Waals surface area contributed by atoms with Crippen LogP contribution in [0.1, 0.15) is 35.3 Å². The fourth-order valence-electron chi connectivity index (χ4n) is 2.15. The van der Waals surface area contributed by atoms with Crippen molar-refractivity contribution in [2.45, 2.75) is 32.2 Å². The van der Waals surface area contributed by atoms with Gasteiger partial charge in [-0.3, -0.25) is 9.78 Å². The minimum Gasteiger partial charge on any atom is -0.334 e. The zero-order valence-electron chi connectivity index (χ0n) is 10.2. The molecule has 0 spiro atoms. The van der Waals surface area contributed by atoms with Gasteiger partial charge in [-0.1, -0.05) is 0 Å². The van der Waals surface area contributed by atoms with Gasteiger partial charge < -0.3 is 10.6 Å². The number of hydrogen-bond acceptors (Lipinski definition) is 3. The van der Waals surface area contributed by atoms with Gasteiger partial charge in [0.25, 0.3) is 5.91 Å². The number of nitrogens with two attached hydrogens (primary N) is 1. The van der Waals surface area contributed by atoms with Crippen molar-refractivity contribution in [1.29, 1.82) is 0 Å². The van der Waals surface area contributed by atoms with E-state index in [0.717, 1.165) is 18.5 Å². The molecular formula is C13H19N3O. The fraction of sp³-hybridized carbons (Fsp3) is 0.538. The van der Waals surface area contributed by atoms with Gasteiger partial charge in [0.2, 0.25) is 0 Å². The van der Waals surface area contributed by atoms with Crippen molar-refractivity contribution in [2.24, 2.45) is 5.73 Å². The van der Waals surface area contributed by atoms with E-state index in [2.05, 4.69) is 4.98 Å². The van der Waals surface area contributed by atoms with E-state index in [4.69, 9.17) is 5.73 Å². The van der Waals surface area contributed by atoms with E-state index < -0.39 is 0 Å². The quantitative estimate of drug-likeness (QED) is 0.853. The molecule has 2 rings (SSSR count). The zero-order valence-corrected chi connectivity index (χ0v) is 10.2. The lowest BCUT2D eigenvalue weighted by Gasteiger charge is -2.37. The third-order valence-corrected chi connectivity index (χ3v) is 3.38. The molecule has 0 radical (unpaired) electrons. The van der Waals surface area contributed by atoms with E-state index >= 15 is 0 Å². The molecule has 1 fully saturated rings. The Balaban J connectivity index is 2.18. The highest BCUT2D eigenvalue weighted by molar-refractivity contribution is 5.95. The molecule has 0 aliphatic heterocycles. The van der Waals surface area contributed by atoms with E-state index in [9.17, 15) is 4.79 Å². The van der Waals surface area contributed by atoms with Crippen LogP contribution in [0.3, 0.4) is 0 Å². The summed E-state index contributed by atoms with van der Waals surface area (Å²) >= 11 is 0. The summed E-state index contributed by atoms with van der Waals surface area (Å²) in [6, 6.07) is 4.03. The van der Waals surface area contributed by atoms with Crippen molar-refractivity contribution in [2.75, 3.05) is 13.1 Å². The van der Waals surface area contributed by atoms with Gasteiger partial charge in [0, 0.05) is 31.0 Å². The second-order valence-corrected chi connectivity index (χ2v) is 4.51. The topological polar surface area (TPSA) is 59.2 Å². The molecule has 0 bridgehead atoms. The lowest BCUT2D eigenvalue weighted by molar-refractivity contribution is 0.0587. The molecule has 2 N–H and O–H groups in total. The van der Waals surface area contributed by atoms with E-state index in [-0.39, 0.29) is 5.91 Å². The number of amides is 1. The van der Waals surface area contributed by atoms with E-state index in [1.54, 1.807) is 6.20 Å². The third-order valence-electron chi connectivity index (χ3n) is 3.38. The van der Waals surface area contributed by atoms with E-state index in [1.807, 2.05) is 24.0 Å². The van der Waals surface area contributed by atoms with Gasteiger partial charge in [-0.15, -0.1) is 0 Å². The molecule has 1 aromatic rings. The molecule has 0 atom stereocenters. The molecule has 0 saturated heterocycles. The highest BCUT2D eigenvalue weighted by Gasteiger charge is 2.29. The zero-order chi connectivity index (χ0) is 12.3. The van der Waals surface area contributed by atoms with Gasteiger partial charge in [-0.25, -0.2) is 0 Å². The van der Waals surface area contributed by atoms with Crippen molar-refractivity contribution < 1.29 is 4.79 Å². The normalized spacial score (nSPS) is 15.4. The van der Waals surface area contributed by atoms with E-state index in [0.29, 0.717) is 24.7 Å². The highest BCUT2D eigenvalue weighted by Crippen LogP contribution is 2.26. The summed E-state index contributed by atoms with van der Waals surface area (Å²) in [7, 11) is 0. The molecule has 1 aliphatic rings. The van der Waals surface area contributed by atoms with Gasteiger partial charge in [-0.05, 0) is 38.3 Å². The lowest BCUT2D eigenvalue weighted by Crippen LogP contribution is -2.46. The maximum absolute atomic E-state index is 12.4. The van der Waals surface area contributed by atoms with Crippen LogP contribution in [0.15, 0.2) is 18.3 Å². The first kappa shape index (κ1) is 12.0. The largest absolute Gasteiger partial charge is 0.334 e. The minimum atomic E-state index is 0.0748. The first-order valence-electron chi connectivity index (χ1n) is 6.16. The monoisotopic (exact) mass is 233 g/mol. The van der Waals surface area contributed by atoms with Gasteiger partial charge in [-0.2, -0.15) is 0 Å². The fourth-order valence-corrected chi connectivity index (χ4v) is 2.15. The summed E-state index contributed by atoms with van der Waals surface area (Å²) in [6.07, 6.45) is 5.13. The predicted molar refractivity (Wildman–Crippen MR) is 66.7 cm³/mol. The average molecular weight is 233 g/mol. The van der Waals surface area contributed by atoms with Crippen LogP contribution < -0.4 is 5.73 Å². The number of hydrogen-bond donors (Lipinski definition) is 1. The first-order valence-corrected chi connectivity index (χ1v) is 6.16. The molecule has 4 heteroatoms. The van der Waals surface area contributed by atoms with Crippen molar-refractivity contribution >= 4 is 5.91 Å².